The van der Waals surface area contributed by atoms with Crippen LogP contribution in [0.5, 0.6) is 0 Å². The highest BCUT2D eigenvalue weighted by Gasteiger charge is 2.38. The summed E-state index contributed by atoms with van der Waals surface area (Å²) in [5.41, 5.74) is 13.0. The molecule has 8 aromatic carbocycles. The Morgan fingerprint density at radius 3 is 2.00 bits per heavy atom. The number of anilines is 3. The minimum atomic E-state index is -0.118. The van der Waals surface area contributed by atoms with E-state index in [0.29, 0.717) is 0 Å². The molecular weight excluding hydrogens is 595 g/mol. The van der Waals surface area contributed by atoms with Crippen LogP contribution in [-0.4, -0.2) is 0 Å². The zero-order chi connectivity index (χ0) is 32.7. The molecule has 0 spiro atoms. The van der Waals surface area contributed by atoms with Crippen molar-refractivity contribution in [1.29, 1.82) is 0 Å². The van der Waals surface area contributed by atoms with Crippen molar-refractivity contribution in [1.82, 2.24) is 0 Å². The van der Waals surface area contributed by atoms with E-state index in [1.807, 2.05) is 6.07 Å². The van der Waals surface area contributed by atoms with Crippen LogP contribution in [-0.2, 0) is 5.41 Å². The van der Waals surface area contributed by atoms with Crippen LogP contribution >= 0.6 is 0 Å². The first kappa shape index (κ1) is 27.9. The molecule has 0 saturated carbocycles. The molecule has 0 aliphatic heterocycles. The van der Waals surface area contributed by atoms with Crippen molar-refractivity contribution in [3.63, 3.8) is 0 Å². The molecule has 49 heavy (non-hydrogen) atoms. The van der Waals surface area contributed by atoms with Gasteiger partial charge in [0.15, 0.2) is 0 Å². The van der Waals surface area contributed by atoms with Gasteiger partial charge >= 0.3 is 0 Å². The standard InChI is InChI=1S/C47H33NO/c1-47(2)39-23-12-10-21-36(39)44-38(29-30-15-6-7-18-32(30)46(44)47)34-27-28-40(35-20-9-8-19-33(34)35)48(31-16-4-3-5-17-31)41-24-14-26-43-45(41)37-22-11-13-25-42(37)49-43/h3-29H,1-2H3. The van der Waals surface area contributed by atoms with Crippen LogP contribution in [0.25, 0.3) is 65.7 Å². The van der Waals surface area contributed by atoms with Crippen molar-refractivity contribution in [3.8, 4) is 22.3 Å². The fraction of sp³-hybridized carbons (Fsp3) is 0.0638. The quantitative estimate of drug-likeness (QED) is 0.193. The van der Waals surface area contributed by atoms with E-state index >= 15 is 0 Å². The lowest BCUT2D eigenvalue weighted by Crippen LogP contribution is -2.15. The summed E-state index contributed by atoms with van der Waals surface area (Å²) in [6.45, 7) is 4.76. The smallest absolute Gasteiger partial charge is 0.137 e. The van der Waals surface area contributed by atoms with Crippen LogP contribution in [0.4, 0.5) is 17.1 Å². The molecule has 1 aliphatic rings. The van der Waals surface area contributed by atoms with Crippen molar-refractivity contribution in [2.75, 3.05) is 4.90 Å². The Kier molecular flexibility index (Phi) is 5.95. The van der Waals surface area contributed by atoms with E-state index in [0.717, 1.165) is 39.0 Å². The molecule has 0 bridgehead atoms. The second-order valence-electron chi connectivity index (χ2n) is 13.7. The van der Waals surface area contributed by atoms with E-state index < -0.39 is 0 Å². The van der Waals surface area contributed by atoms with Gasteiger partial charge in [0, 0.05) is 21.9 Å². The van der Waals surface area contributed by atoms with Crippen LogP contribution < -0.4 is 4.90 Å². The molecule has 0 unspecified atom stereocenters. The van der Waals surface area contributed by atoms with Crippen LogP contribution in [0.2, 0.25) is 0 Å². The van der Waals surface area contributed by atoms with Gasteiger partial charge in [0.2, 0.25) is 0 Å². The lowest BCUT2D eigenvalue weighted by Gasteiger charge is -2.28. The zero-order valence-corrected chi connectivity index (χ0v) is 27.4. The normalized spacial score (nSPS) is 13.3. The summed E-state index contributed by atoms with van der Waals surface area (Å²) in [6.07, 6.45) is 0. The van der Waals surface area contributed by atoms with Gasteiger partial charge in [-0.3, -0.25) is 0 Å². The van der Waals surface area contributed by atoms with Gasteiger partial charge in [-0.1, -0.05) is 135 Å². The SMILES string of the molecule is CC1(C)c2ccccc2-c2c(-c3ccc(N(c4ccccc4)c4cccc5oc6ccccc6c45)c4ccccc34)cc3ccccc3c21. The minimum absolute atomic E-state index is 0.118. The molecule has 10 rings (SSSR count). The topological polar surface area (TPSA) is 16.4 Å². The lowest BCUT2D eigenvalue weighted by atomic mass is 9.79. The second-order valence-corrected chi connectivity index (χ2v) is 13.7. The van der Waals surface area contributed by atoms with Crippen LogP contribution in [0.1, 0.15) is 25.0 Å². The summed E-state index contributed by atoms with van der Waals surface area (Å²) in [6, 6.07) is 59.3. The van der Waals surface area contributed by atoms with Crippen molar-refractivity contribution < 1.29 is 4.42 Å². The first-order valence-corrected chi connectivity index (χ1v) is 17.0. The van der Waals surface area contributed by atoms with Crippen molar-refractivity contribution in [2.24, 2.45) is 0 Å². The van der Waals surface area contributed by atoms with E-state index in [4.69, 9.17) is 4.42 Å². The molecule has 1 heterocycles. The Balaban J connectivity index is 1.28. The Hall–Kier alpha value is -6.12. The van der Waals surface area contributed by atoms with E-state index in [1.165, 1.54) is 54.9 Å². The Morgan fingerprint density at radius 1 is 0.469 bits per heavy atom. The van der Waals surface area contributed by atoms with Gasteiger partial charge in [0.25, 0.3) is 0 Å². The molecule has 232 valence electrons. The number of fused-ring (bicyclic) bond motifs is 9. The third kappa shape index (κ3) is 4.01. The monoisotopic (exact) mass is 627 g/mol. The predicted octanol–water partition coefficient (Wildman–Crippen LogP) is 13.3. The number of rotatable bonds is 4. The van der Waals surface area contributed by atoms with Crippen LogP contribution in [0.15, 0.2) is 168 Å². The largest absolute Gasteiger partial charge is 0.456 e. The molecule has 0 N–H and O–H groups in total. The Bertz CT molecular complexity index is 2750. The van der Waals surface area contributed by atoms with E-state index in [1.54, 1.807) is 0 Å². The number of hydrogen-bond acceptors (Lipinski definition) is 2. The number of furan rings is 1. The molecule has 0 fully saturated rings. The molecular formula is C47H33NO. The molecule has 2 heteroatoms. The molecule has 0 amide bonds. The first-order valence-electron chi connectivity index (χ1n) is 17.0. The summed E-state index contributed by atoms with van der Waals surface area (Å²) in [5.74, 6) is 0. The summed E-state index contributed by atoms with van der Waals surface area (Å²) in [4.78, 5) is 2.40. The third-order valence-electron chi connectivity index (χ3n) is 10.6. The third-order valence-corrected chi connectivity index (χ3v) is 10.6. The molecule has 0 saturated heterocycles. The van der Waals surface area contributed by atoms with Gasteiger partial charge in [-0.15, -0.1) is 0 Å². The summed E-state index contributed by atoms with van der Waals surface area (Å²) >= 11 is 0. The zero-order valence-electron chi connectivity index (χ0n) is 27.4. The number of hydrogen-bond donors (Lipinski definition) is 0. The van der Waals surface area contributed by atoms with Crippen molar-refractivity contribution >= 4 is 60.5 Å². The average molecular weight is 628 g/mol. The van der Waals surface area contributed by atoms with E-state index in [-0.39, 0.29) is 5.41 Å². The van der Waals surface area contributed by atoms with Crippen LogP contribution in [0, 0.1) is 0 Å². The average Bonchev–Trinajstić information content (AvgIpc) is 3.65. The highest BCUT2D eigenvalue weighted by molar-refractivity contribution is 6.16. The summed E-state index contributed by atoms with van der Waals surface area (Å²) in [7, 11) is 0. The highest BCUT2D eigenvalue weighted by Crippen LogP contribution is 2.56. The number of benzene rings is 8. The van der Waals surface area contributed by atoms with Crippen molar-refractivity contribution in [2.45, 2.75) is 19.3 Å². The maximum Gasteiger partial charge on any atom is 0.137 e. The molecule has 1 aromatic heterocycles. The summed E-state index contributed by atoms with van der Waals surface area (Å²) in [5, 5.41) is 7.25. The van der Waals surface area contributed by atoms with E-state index in [2.05, 4.69) is 176 Å². The van der Waals surface area contributed by atoms with E-state index in [9.17, 15) is 0 Å². The number of nitrogens with zero attached hydrogens (tertiary/aromatic N) is 1. The predicted molar refractivity (Wildman–Crippen MR) is 206 cm³/mol. The molecule has 0 atom stereocenters. The van der Waals surface area contributed by atoms with Gasteiger partial charge in [0.1, 0.15) is 11.2 Å². The lowest BCUT2D eigenvalue weighted by molar-refractivity contribution is 0.666. The molecule has 1 aliphatic carbocycles. The Labute approximate surface area is 285 Å². The molecule has 2 nitrogen and oxygen atoms in total. The van der Waals surface area contributed by atoms with Gasteiger partial charge < -0.3 is 9.32 Å². The fourth-order valence-electron chi connectivity index (χ4n) is 8.51. The maximum absolute atomic E-state index is 6.38. The van der Waals surface area contributed by atoms with Crippen LogP contribution in [0.3, 0.4) is 0 Å². The van der Waals surface area contributed by atoms with Crippen molar-refractivity contribution in [3.05, 3.63) is 175 Å². The minimum Gasteiger partial charge on any atom is -0.456 e. The highest BCUT2D eigenvalue weighted by atomic mass is 16.3. The van der Waals surface area contributed by atoms with Gasteiger partial charge in [0.05, 0.1) is 16.8 Å². The second kappa shape index (κ2) is 10.4. The molecule has 0 radical (unpaired) electrons. The maximum atomic E-state index is 6.38. The first-order chi connectivity index (χ1) is 24.1. The van der Waals surface area contributed by atoms with Gasteiger partial charge in [-0.05, 0) is 92.0 Å². The summed E-state index contributed by atoms with van der Waals surface area (Å²) < 4.78 is 6.38. The number of para-hydroxylation sites is 2. The Morgan fingerprint density at radius 2 is 1.14 bits per heavy atom. The molecule has 9 aromatic rings. The fourth-order valence-corrected chi connectivity index (χ4v) is 8.51. The van der Waals surface area contributed by atoms with Gasteiger partial charge in [-0.25, -0.2) is 0 Å². The van der Waals surface area contributed by atoms with Gasteiger partial charge in [-0.2, -0.15) is 0 Å².